The smallest absolute Gasteiger partial charge is 0.124 e. The first-order valence-corrected chi connectivity index (χ1v) is 7.94. The van der Waals surface area contributed by atoms with Crippen molar-refractivity contribution in [3.05, 3.63) is 50.2 Å². The fourth-order valence-electron chi connectivity index (χ4n) is 1.99. The van der Waals surface area contributed by atoms with Crippen LogP contribution >= 0.6 is 39.1 Å². The fraction of sp³-hybridized carbons (Fsp3) is 0.357. The van der Waals surface area contributed by atoms with Crippen molar-refractivity contribution in [2.24, 2.45) is 0 Å². The zero-order chi connectivity index (χ0) is 15.6. The summed E-state index contributed by atoms with van der Waals surface area (Å²) in [6.07, 6.45) is 0.619. The number of likely N-dealkylation sites (N-methyl/N-ethyl adjacent to an activating group) is 1. The first-order valence-electron chi connectivity index (χ1n) is 6.39. The molecule has 1 aromatic heterocycles. The van der Waals surface area contributed by atoms with Crippen LogP contribution in [0.3, 0.4) is 0 Å². The molecule has 1 heterocycles. The largest absolute Gasteiger partial charge is 0.382 e. The van der Waals surface area contributed by atoms with E-state index in [9.17, 15) is 5.11 Å². The molecule has 0 aliphatic carbocycles. The fourth-order valence-corrected chi connectivity index (χ4v) is 2.83. The molecule has 7 heteroatoms. The Kier molecular flexibility index (Phi) is 5.68. The number of hydrogen-bond acceptors (Lipinski definition) is 3. The van der Waals surface area contributed by atoms with Gasteiger partial charge in [0.05, 0.1) is 23.5 Å². The third-order valence-electron chi connectivity index (χ3n) is 3.10. The van der Waals surface area contributed by atoms with Crippen molar-refractivity contribution in [2.45, 2.75) is 12.6 Å². The number of aromatic nitrogens is 2. The minimum atomic E-state index is -0.924. The summed E-state index contributed by atoms with van der Waals surface area (Å²) >= 11 is 15.7. The van der Waals surface area contributed by atoms with Crippen molar-refractivity contribution in [3.8, 4) is 0 Å². The molecular weight excluding hydrogens is 377 g/mol. The molecule has 1 atom stereocenters. The van der Waals surface area contributed by atoms with Crippen LogP contribution in [0.5, 0.6) is 0 Å². The Morgan fingerprint density at radius 3 is 2.71 bits per heavy atom. The van der Waals surface area contributed by atoms with Crippen LogP contribution in [0, 0.1) is 0 Å². The van der Waals surface area contributed by atoms with Crippen molar-refractivity contribution in [3.63, 3.8) is 0 Å². The number of aliphatic hydroxyl groups is 1. The highest BCUT2D eigenvalue weighted by molar-refractivity contribution is 9.10. The van der Waals surface area contributed by atoms with Crippen LogP contribution in [0.15, 0.2) is 28.9 Å². The molecule has 0 amide bonds. The summed E-state index contributed by atoms with van der Waals surface area (Å²) in [6.45, 7) is 1.43. The van der Waals surface area contributed by atoms with E-state index in [1.807, 2.05) is 25.1 Å². The van der Waals surface area contributed by atoms with Crippen LogP contribution in [0.1, 0.15) is 17.4 Å². The number of benzene rings is 1. The van der Waals surface area contributed by atoms with Gasteiger partial charge in [0.25, 0.3) is 0 Å². The van der Waals surface area contributed by atoms with Gasteiger partial charge in [-0.05, 0) is 32.3 Å². The quantitative estimate of drug-likeness (QED) is 0.845. The van der Waals surface area contributed by atoms with Crippen LogP contribution < -0.4 is 0 Å². The van der Waals surface area contributed by atoms with Gasteiger partial charge in [-0.15, -0.1) is 0 Å². The van der Waals surface area contributed by atoms with Crippen molar-refractivity contribution in [1.29, 1.82) is 0 Å². The topological polar surface area (TPSA) is 41.3 Å². The Morgan fingerprint density at radius 2 is 2.05 bits per heavy atom. The lowest BCUT2D eigenvalue weighted by Gasteiger charge is -2.17. The summed E-state index contributed by atoms with van der Waals surface area (Å²) in [5.41, 5.74) is 1.15. The van der Waals surface area contributed by atoms with E-state index in [2.05, 4.69) is 21.0 Å². The average molecular weight is 393 g/mol. The summed E-state index contributed by atoms with van der Waals surface area (Å²) in [5, 5.41) is 15.8. The molecule has 2 aromatic rings. The van der Waals surface area contributed by atoms with E-state index in [4.69, 9.17) is 23.2 Å². The third-order valence-corrected chi connectivity index (χ3v) is 4.23. The second-order valence-corrected chi connectivity index (χ2v) is 6.70. The number of halogens is 3. The normalized spacial score (nSPS) is 12.9. The molecule has 0 saturated carbocycles. The molecule has 2 rings (SSSR count). The minimum absolute atomic E-state index is 0.428. The molecule has 0 spiro atoms. The van der Waals surface area contributed by atoms with Crippen LogP contribution in [0.25, 0.3) is 0 Å². The summed E-state index contributed by atoms with van der Waals surface area (Å²) in [5.74, 6) is 0. The van der Waals surface area contributed by atoms with E-state index in [0.29, 0.717) is 27.8 Å². The maximum Gasteiger partial charge on any atom is 0.124 e. The zero-order valence-corrected chi connectivity index (χ0v) is 14.8. The van der Waals surface area contributed by atoms with Crippen molar-refractivity contribution in [1.82, 2.24) is 14.7 Å². The SMILES string of the molecule is CN(C)CCn1ncc(Cl)c1C(O)c1cc(Br)ccc1Cl. The second kappa shape index (κ2) is 7.11. The molecule has 21 heavy (non-hydrogen) atoms. The first-order chi connectivity index (χ1) is 9.90. The first kappa shape index (κ1) is 16.8. The Labute approximate surface area is 142 Å². The molecule has 1 aromatic carbocycles. The molecular formula is C14H16BrCl2N3O. The molecule has 0 fully saturated rings. The van der Waals surface area contributed by atoms with Gasteiger partial charge in [0, 0.05) is 21.6 Å². The van der Waals surface area contributed by atoms with Crippen molar-refractivity contribution < 1.29 is 5.11 Å². The molecule has 0 radical (unpaired) electrons. The zero-order valence-electron chi connectivity index (χ0n) is 11.7. The highest BCUT2D eigenvalue weighted by Crippen LogP contribution is 2.33. The summed E-state index contributed by atoms with van der Waals surface area (Å²) < 4.78 is 2.56. The van der Waals surface area contributed by atoms with Gasteiger partial charge in [-0.25, -0.2) is 0 Å². The molecule has 114 valence electrons. The maximum absolute atomic E-state index is 10.6. The Balaban J connectivity index is 2.36. The standard InChI is InChI=1S/C14H16BrCl2N3O/c1-19(2)5-6-20-13(12(17)8-18-20)14(21)10-7-9(15)3-4-11(10)16/h3-4,7-8,14,21H,5-6H2,1-2H3. The average Bonchev–Trinajstić information content (AvgIpc) is 2.79. The number of aliphatic hydroxyl groups excluding tert-OH is 1. The molecule has 0 saturated heterocycles. The Morgan fingerprint density at radius 1 is 1.33 bits per heavy atom. The Hall–Kier alpha value is -0.590. The number of rotatable bonds is 5. The number of nitrogens with zero attached hydrogens (tertiary/aromatic N) is 3. The van der Waals surface area contributed by atoms with Crippen LogP contribution in [0.2, 0.25) is 10.0 Å². The van der Waals surface area contributed by atoms with Crippen LogP contribution in [-0.2, 0) is 6.54 Å². The van der Waals surface area contributed by atoms with E-state index in [1.54, 1.807) is 23.0 Å². The molecule has 0 aliphatic rings. The van der Waals surface area contributed by atoms with Crippen molar-refractivity contribution >= 4 is 39.1 Å². The minimum Gasteiger partial charge on any atom is -0.382 e. The lowest BCUT2D eigenvalue weighted by molar-refractivity contribution is 0.205. The molecule has 0 bridgehead atoms. The van der Waals surface area contributed by atoms with E-state index in [1.165, 1.54) is 0 Å². The van der Waals surface area contributed by atoms with Gasteiger partial charge >= 0.3 is 0 Å². The van der Waals surface area contributed by atoms with Gasteiger partial charge in [0.2, 0.25) is 0 Å². The number of hydrogen-bond donors (Lipinski definition) is 1. The monoisotopic (exact) mass is 391 g/mol. The predicted molar refractivity (Wildman–Crippen MR) is 89.0 cm³/mol. The highest BCUT2D eigenvalue weighted by Gasteiger charge is 2.22. The van der Waals surface area contributed by atoms with Gasteiger partial charge in [0.15, 0.2) is 0 Å². The lowest BCUT2D eigenvalue weighted by Crippen LogP contribution is -2.21. The van der Waals surface area contributed by atoms with Gasteiger partial charge < -0.3 is 10.0 Å². The molecule has 1 N–H and O–H groups in total. The molecule has 0 aliphatic heterocycles. The van der Waals surface area contributed by atoms with Gasteiger partial charge in [0.1, 0.15) is 6.10 Å². The highest BCUT2D eigenvalue weighted by atomic mass is 79.9. The van der Waals surface area contributed by atoms with E-state index < -0.39 is 6.10 Å². The van der Waals surface area contributed by atoms with Gasteiger partial charge in [-0.2, -0.15) is 5.10 Å². The van der Waals surface area contributed by atoms with Gasteiger partial charge in [-0.1, -0.05) is 39.1 Å². The third kappa shape index (κ3) is 3.99. The molecule has 4 nitrogen and oxygen atoms in total. The maximum atomic E-state index is 10.6. The van der Waals surface area contributed by atoms with E-state index in [0.717, 1.165) is 11.0 Å². The van der Waals surface area contributed by atoms with Crippen LogP contribution in [-0.4, -0.2) is 40.4 Å². The summed E-state index contributed by atoms with van der Waals surface area (Å²) in [6, 6.07) is 5.34. The van der Waals surface area contributed by atoms with Gasteiger partial charge in [-0.3, -0.25) is 4.68 Å². The lowest BCUT2D eigenvalue weighted by atomic mass is 10.1. The van der Waals surface area contributed by atoms with E-state index in [-0.39, 0.29) is 0 Å². The predicted octanol–water partition coefficient (Wildman–Crippen LogP) is 3.60. The summed E-state index contributed by atoms with van der Waals surface area (Å²) in [7, 11) is 3.96. The Bertz CT molecular complexity index is 631. The van der Waals surface area contributed by atoms with Crippen molar-refractivity contribution in [2.75, 3.05) is 20.6 Å². The summed E-state index contributed by atoms with van der Waals surface area (Å²) in [4.78, 5) is 2.04. The van der Waals surface area contributed by atoms with E-state index >= 15 is 0 Å². The second-order valence-electron chi connectivity index (χ2n) is 4.97. The molecule has 1 unspecified atom stereocenters. The van der Waals surface area contributed by atoms with Crippen LogP contribution in [0.4, 0.5) is 0 Å².